The van der Waals surface area contributed by atoms with Gasteiger partial charge >= 0.3 is 5.69 Å². The molecule has 1 amide bonds. The first kappa shape index (κ1) is 30.7. The number of halogens is 4. The van der Waals surface area contributed by atoms with Crippen LogP contribution in [0.2, 0.25) is 10.0 Å². The minimum absolute atomic E-state index is 0.0539. The number of hydrogen-bond acceptors (Lipinski definition) is 8. The lowest BCUT2D eigenvalue weighted by atomic mass is 10.0. The molecule has 234 valence electrons. The zero-order valence-corrected chi connectivity index (χ0v) is 26.4. The van der Waals surface area contributed by atoms with E-state index >= 15 is 8.78 Å². The van der Waals surface area contributed by atoms with Crippen molar-refractivity contribution in [2.45, 2.75) is 45.7 Å². The summed E-state index contributed by atoms with van der Waals surface area (Å²) in [6.07, 6.45) is 2.85. The van der Waals surface area contributed by atoms with Crippen molar-refractivity contribution in [2.24, 2.45) is 0 Å². The van der Waals surface area contributed by atoms with Crippen LogP contribution in [0.3, 0.4) is 0 Å². The number of nitrogen functional groups attached to an aromatic ring is 1. The fraction of sp³-hybridized carbons (Fsp3) is 0.323. The number of carbonyl (C=O) groups excluding carboxylic acids is 1. The van der Waals surface area contributed by atoms with Gasteiger partial charge in [-0.05, 0) is 43.5 Å². The molecule has 2 aliphatic heterocycles. The van der Waals surface area contributed by atoms with Crippen LogP contribution >= 0.6 is 23.2 Å². The van der Waals surface area contributed by atoms with Gasteiger partial charge in [0.25, 0.3) is 0 Å². The number of carbonyl (C=O) groups is 1. The molecule has 1 saturated heterocycles. The Morgan fingerprint density at radius 3 is 2.62 bits per heavy atom. The van der Waals surface area contributed by atoms with Crippen molar-refractivity contribution in [1.82, 2.24) is 24.4 Å². The molecule has 2 aliphatic rings. The van der Waals surface area contributed by atoms with Gasteiger partial charge in [-0.15, -0.1) is 0 Å². The topological polar surface area (TPSA) is 119 Å². The van der Waals surface area contributed by atoms with E-state index in [0.717, 1.165) is 6.07 Å². The average Bonchev–Trinajstić information content (AvgIpc) is 3.16. The Balaban J connectivity index is 1.76. The number of benzene rings is 1. The van der Waals surface area contributed by atoms with Gasteiger partial charge in [-0.3, -0.25) is 9.78 Å². The molecule has 3 aromatic heterocycles. The first-order chi connectivity index (χ1) is 21.3. The zero-order valence-electron chi connectivity index (χ0n) is 24.9. The molecule has 45 heavy (non-hydrogen) atoms. The van der Waals surface area contributed by atoms with Gasteiger partial charge in [-0.1, -0.05) is 43.6 Å². The van der Waals surface area contributed by atoms with Crippen LogP contribution in [0.4, 0.5) is 20.3 Å². The molecule has 0 radical (unpaired) electrons. The van der Waals surface area contributed by atoms with E-state index < -0.39 is 39.6 Å². The van der Waals surface area contributed by atoms with Gasteiger partial charge in [0.15, 0.2) is 23.0 Å². The number of pyridine rings is 2. The highest BCUT2D eigenvalue weighted by Gasteiger charge is 2.41. The van der Waals surface area contributed by atoms with Crippen molar-refractivity contribution in [2.75, 3.05) is 30.3 Å². The van der Waals surface area contributed by atoms with E-state index in [-0.39, 0.29) is 64.3 Å². The minimum atomic E-state index is -1.04. The Kier molecular flexibility index (Phi) is 7.68. The third-order valence-corrected chi connectivity index (χ3v) is 8.80. The lowest BCUT2D eigenvalue weighted by Gasteiger charge is -2.45. The maximum Gasteiger partial charge on any atom is 0.355 e. The Labute approximate surface area is 267 Å². The number of piperazine rings is 1. The molecule has 6 rings (SSSR count). The Morgan fingerprint density at radius 1 is 1.20 bits per heavy atom. The summed E-state index contributed by atoms with van der Waals surface area (Å²) in [5, 5.41) is -0.410. The van der Waals surface area contributed by atoms with E-state index in [1.807, 2.05) is 25.7 Å². The van der Waals surface area contributed by atoms with Crippen molar-refractivity contribution in [3.8, 4) is 22.7 Å². The van der Waals surface area contributed by atoms with Crippen molar-refractivity contribution >= 4 is 51.6 Å². The predicted molar refractivity (Wildman–Crippen MR) is 170 cm³/mol. The summed E-state index contributed by atoms with van der Waals surface area (Å²) in [4.78, 5) is 43.8. The van der Waals surface area contributed by atoms with Crippen molar-refractivity contribution in [3.05, 3.63) is 74.4 Å². The van der Waals surface area contributed by atoms with Gasteiger partial charge in [0.2, 0.25) is 5.91 Å². The maximum atomic E-state index is 16.7. The molecular formula is C31H29Cl2F2N7O3. The normalized spacial score (nSPS) is 17.7. The molecule has 0 saturated carbocycles. The molecule has 0 aliphatic carbocycles. The highest BCUT2D eigenvalue weighted by Crippen LogP contribution is 2.46. The fourth-order valence-corrected chi connectivity index (χ4v) is 6.65. The molecule has 1 aromatic carbocycles. The second kappa shape index (κ2) is 11.3. The number of aromatic nitrogens is 4. The number of ether oxygens (including phenoxy) is 1. The largest absolute Gasteiger partial charge is 0.487 e. The first-order valence-electron chi connectivity index (χ1n) is 14.2. The summed E-state index contributed by atoms with van der Waals surface area (Å²) in [6, 6.07) is 1.97. The van der Waals surface area contributed by atoms with Gasteiger partial charge in [0.05, 0.1) is 38.7 Å². The number of fused-ring (bicyclic) bond motifs is 2. The smallest absolute Gasteiger partial charge is 0.355 e. The summed E-state index contributed by atoms with van der Waals surface area (Å²) < 4.78 is 39.8. The number of anilines is 2. The van der Waals surface area contributed by atoms with E-state index in [9.17, 15) is 9.59 Å². The van der Waals surface area contributed by atoms with Crippen LogP contribution in [-0.4, -0.2) is 62.1 Å². The molecule has 14 heteroatoms. The summed E-state index contributed by atoms with van der Waals surface area (Å²) >= 11 is 12.4. The summed E-state index contributed by atoms with van der Waals surface area (Å²) in [7, 11) is 0. The number of nitrogens with zero attached hydrogens (tertiary/aromatic N) is 6. The van der Waals surface area contributed by atoms with Crippen LogP contribution in [0.15, 0.2) is 35.8 Å². The second-order valence-corrected chi connectivity index (χ2v) is 12.3. The Morgan fingerprint density at radius 2 is 1.93 bits per heavy atom. The number of amides is 1. The molecule has 0 spiro atoms. The maximum absolute atomic E-state index is 16.7. The predicted octanol–water partition coefficient (Wildman–Crippen LogP) is 5.43. The summed E-state index contributed by atoms with van der Waals surface area (Å²) in [5.74, 6) is -2.67. The molecule has 10 nitrogen and oxygen atoms in total. The van der Waals surface area contributed by atoms with E-state index in [2.05, 4.69) is 21.5 Å². The lowest BCUT2D eigenvalue weighted by Crippen LogP contribution is -2.61. The average molecular weight is 657 g/mol. The molecule has 2 N–H and O–H groups in total. The molecule has 2 atom stereocenters. The molecule has 0 bridgehead atoms. The fourth-order valence-electron chi connectivity index (χ4n) is 6.18. The van der Waals surface area contributed by atoms with E-state index in [0.29, 0.717) is 23.5 Å². The van der Waals surface area contributed by atoms with Crippen molar-refractivity contribution < 1.29 is 18.3 Å². The lowest BCUT2D eigenvalue weighted by molar-refractivity contribution is -0.127. The van der Waals surface area contributed by atoms with Crippen molar-refractivity contribution in [3.63, 3.8) is 0 Å². The quantitative estimate of drug-likeness (QED) is 0.176. The SMILES string of the molecule is C=CC(=O)N1CC(C)N2c3nc(=O)n(-c4c(C)ccnc4C(C)C)c4nc(-c5c(N)c(Cl)cc(Cl)c5F)c(F)c(c34)OCC2C1. The zero-order chi connectivity index (χ0) is 32.5. The van der Waals surface area contributed by atoms with Gasteiger partial charge in [-0.2, -0.15) is 4.98 Å². The van der Waals surface area contributed by atoms with Crippen LogP contribution in [0, 0.1) is 18.6 Å². The standard InChI is InChI=1S/C31H29Cl2F2N7O3/c1-6-19(43)40-10-15(5)41-16(11-40)12-45-28-21-29(38-26(23(28)35)20-22(34)17(32)9-18(33)24(20)36)42(31(44)39-30(21)41)27-14(4)7-8-37-25(27)13(2)3/h6-9,13,15-16H,1,10-12,36H2,2-5H3. The second-order valence-electron chi connectivity index (χ2n) is 11.5. The molecular weight excluding hydrogens is 627 g/mol. The van der Waals surface area contributed by atoms with Crippen LogP contribution in [0.1, 0.15) is 37.9 Å². The van der Waals surface area contributed by atoms with Crippen LogP contribution in [0.25, 0.3) is 28.0 Å². The Hall–Kier alpha value is -4.29. The number of hydrogen-bond donors (Lipinski definition) is 1. The molecule has 5 heterocycles. The van der Waals surface area contributed by atoms with Crippen LogP contribution in [0.5, 0.6) is 5.75 Å². The molecule has 4 aromatic rings. The highest BCUT2D eigenvalue weighted by molar-refractivity contribution is 6.37. The van der Waals surface area contributed by atoms with E-state index in [4.69, 9.17) is 33.7 Å². The monoisotopic (exact) mass is 655 g/mol. The highest BCUT2D eigenvalue weighted by atomic mass is 35.5. The van der Waals surface area contributed by atoms with Gasteiger partial charge in [0.1, 0.15) is 23.5 Å². The summed E-state index contributed by atoms with van der Waals surface area (Å²) in [5.41, 5.74) is 5.73. The third kappa shape index (κ3) is 4.78. The van der Waals surface area contributed by atoms with Gasteiger partial charge in [0, 0.05) is 25.3 Å². The number of aryl methyl sites for hydroxylation is 1. The number of rotatable bonds is 4. The first-order valence-corrected chi connectivity index (χ1v) is 15.0. The van der Waals surface area contributed by atoms with E-state index in [1.165, 1.54) is 10.6 Å². The van der Waals surface area contributed by atoms with E-state index in [1.54, 1.807) is 24.1 Å². The molecule has 1 fully saturated rings. The number of nitrogens with two attached hydrogens (primary N) is 1. The van der Waals surface area contributed by atoms with Crippen LogP contribution in [-0.2, 0) is 4.79 Å². The summed E-state index contributed by atoms with van der Waals surface area (Å²) in [6.45, 7) is 11.5. The van der Waals surface area contributed by atoms with Gasteiger partial charge in [-0.25, -0.2) is 23.1 Å². The molecule has 2 unspecified atom stereocenters. The van der Waals surface area contributed by atoms with Crippen molar-refractivity contribution in [1.29, 1.82) is 0 Å². The van der Waals surface area contributed by atoms with Gasteiger partial charge < -0.3 is 20.3 Å². The van der Waals surface area contributed by atoms with Crippen LogP contribution < -0.4 is 21.1 Å². The minimum Gasteiger partial charge on any atom is -0.487 e. The third-order valence-electron chi connectivity index (χ3n) is 8.21. The Bertz CT molecular complexity index is 1960.